The molecule has 0 bridgehead atoms. The third-order valence-electron chi connectivity index (χ3n) is 5.44. The van der Waals surface area contributed by atoms with E-state index in [0.717, 1.165) is 47.6 Å². The Bertz CT molecular complexity index is 978. The van der Waals surface area contributed by atoms with Gasteiger partial charge in [0.05, 0.1) is 19.3 Å². The monoisotopic (exact) mass is 393 g/mol. The lowest BCUT2D eigenvalue weighted by molar-refractivity contribution is -0.121. The lowest BCUT2D eigenvalue weighted by Crippen LogP contribution is -2.27. The fourth-order valence-electron chi connectivity index (χ4n) is 3.93. The number of aryl methyl sites for hydroxylation is 1. The molecule has 3 heterocycles. The van der Waals surface area contributed by atoms with Crippen molar-refractivity contribution < 1.29 is 9.53 Å². The molecule has 2 aromatic heterocycles. The Morgan fingerprint density at radius 3 is 3.03 bits per heavy atom. The summed E-state index contributed by atoms with van der Waals surface area (Å²) in [6.45, 7) is 3.12. The molecule has 29 heavy (non-hydrogen) atoms. The molecule has 3 aromatic rings. The molecule has 152 valence electrons. The lowest BCUT2D eigenvalue weighted by atomic mass is 10.0. The molecular formula is C22H27N5O2. The van der Waals surface area contributed by atoms with Crippen molar-refractivity contribution in [3.05, 3.63) is 53.9 Å². The standard InChI is InChI=1S/C22H27N5O2/c1-29-19-7-3-2-5-16(19)8-9-20(28)24-13-14-27-22-18(6-4-11-25-22)21(26-27)17-10-12-23-15-17/h2-7,11,17,23H,8-10,12-15H2,1H3,(H,24,28). The Hall–Kier alpha value is -2.93. The predicted octanol–water partition coefficient (Wildman–Crippen LogP) is 2.27. The van der Waals surface area contributed by atoms with Crippen LogP contribution in [0.15, 0.2) is 42.6 Å². The number of ether oxygens (including phenoxy) is 1. The molecule has 1 atom stereocenters. The first kappa shape index (κ1) is 19.4. The summed E-state index contributed by atoms with van der Waals surface area (Å²) in [6, 6.07) is 11.8. The molecule has 1 unspecified atom stereocenters. The van der Waals surface area contributed by atoms with Gasteiger partial charge in [-0.1, -0.05) is 18.2 Å². The van der Waals surface area contributed by atoms with Crippen LogP contribution in [0.3, 0.4) is 0 Å². The van der Waals surface area contributed by atoms with Gasteiger partial charge in [-0.3, -0.25) is 4.79 Å². The third kappa shape index (κ3) is 4.40. The van der Waals surface area contributed by atoms with Crippen molar-refractivity contribution in [2.45, 2.75) is 31.7 Å². The summed E-state index contributed by atoms with van der Waals surface area (Å²) in [5.41, 5.74) is 3.04. The van der Waals surface area contributed by atoms with Crippen molar-refractivity contribution in [3.8, 4) is 5.75 Å². The average molecular weight is 393 g/mol. The van der Waals surface area contributed by atoms with Crippen molar-refractivity contribution in [1.29, 1.82) is 0 Å². The Balaban J connectivity index is 1.34. The quantitative estimate of drug-likeness (QED) is 0.614. The van der Waals surface area contributed by atoms with Crippen LogP contribution in [0.25, 0.3) is 11.0 Å². The minimum absolute atomic E-state index is 0.0283. The largest absolute Gasteiger partial charge is 0.496 e. The summed E-state index contributed by atoms with van der Waals surface area (Å²) in [5, 5.41) is 12.3. The van der Waals surface area contributed by atoms with Gasteiger partial charge in [0.15, 0.2) is 5.65 Å². The number of carbonyl (C=O) groups is 1. The maximum Gasteiger partial charge on any atom is 0.220 e. The maximum atomic E-state index is 12.3. The predicted molar refractivity (Wildman–Crippen MR) is 112 cm³/mol. The fraction of sp³-hybridized carbons (Fsp3) is 0.409. The number of nitrogens with zero attached hydrogens (tertiary/aromatic N) is 3. The number of benzene rings is 1. The highest BCUT2D eigenvalue weighted by Crippen LogP contribution is 2.27. The molecule has 1 aromatic carbocycles. The van der Waals surface area contributed by atoms with E-state index < -0.39 is 0 Å². The van der Waals surface area contributed by atoms with Crippen molar-refractivity contribution in [1.82, 2.24) is 25.4 Å². The summed E-state index contributed by atoms with van der Waals surface area (Å²) in [7, 11) is 1.65. The second-order valence-electron chi connectivity index (χ2n) is 7.33. The number of methoxy groups -OCH3 is 1. The minimum atomic E-state index is 0.0283. The zero-order valence-electron chi connectivity index (χ0n) is 16.7. The van der Waals surface area contributed by atoms with Gasteiger partial charge >= 0.3 is 0 Å². The SMILES string of the molecule is COc1ccccc1CCC(=O)NCCn1nc(C2CCNC2)c2cccnc21. The molecule has 0 saturated carbocycles. The second-order valence-corrected chi connectivity index (χ2v) is 7.33. The van der Waals surface area contributed by atoms with Crippen LogP contribution in [0.5, 0.6) is 5.75 Å². The van der Waals surface area contributed by atoms with Crippen LogP contribution in [-0.4, -0.2) is 47.4 Å². The number of pyridine rings is 1. The van der Waals surface area contributed by atoms with Gasteiger partial charge in [0.2, 0.25) is 5.91 Å². The molecule has 7 heteroatoms. The maximum absolute atomic E-state index is 12.3. The van der Waals surface area contributed by atoms with E-state index in [1.54, 1.807) is 13.3 Å². The molecule has 0 radical (unpaired) electrons. The van der Waals surface area contributed by atoms with E-state index in [-0.39, 0.29) is 5.91 Å². The first-order chi connectivity index (χ1) is 14.3. The molecular weight excluding hydrogens is 366 g/mol. The Labute approximate surface area is 170 Å². The molecule has 7 nitrogen and oxygen atoms in total. The lowest BCUT2D eigenvalue weighted by Gasteiger charge is -2.09. The minimum Gasteiger partial charge on any atom is -0.496 e. The number of fused-ring (bicyclic) bond motifs is 1. The molecule has 1 amide bonds. The molecule has 1 aliphatic rings. The number of hydrogen-bond donors (Lipinski definition) is 2. The van der Waals surface area contributed by atoms with Gasteiger partial charge in [-0.05, 0) is 43.1 Å². The third-order valence-corrected chi connectivity index (χ3v) is 5.44. The van der Waals surface area contributed by atoms with E-state index in [4.69, 9.17) is 9.84 Å². The van der Waals surface area contributed by atoms with Gasteiger partial charge in [0.1, 0.15) is 5.75 Å². The van der Waals surface area contributed by atoms with E-state index in [9.17, 15) is 4.79 Å². The number of para-hydroxylation sites is 1. The van der Waals surface area contributed by atoms with Crippen molar-refractivity contribution in [2.75, 3.05) is 26.7 Å². The Morgan fingerprint density at radius 1 is 1.31 bits per heavy atom. The normalized spacial score (nSPS) is 16.2. The zero-order valence-corrected chi connectivity index (χ0v) is 16.7. The van der Waals surface area contributed by atoms with Crippen molar-refractivity contribution >= 4 is 16.9 Å². The highest BCUT2D eigenvalue weighted by Gasteiger charge is 2.23. The van der Waals surface area contributed by atoms with Gasteiger partial charge in [-0.15, -0.1) is 0 Å². The van der Waals surface area contributed by atoms with Crippen LogP contribution >= 0.6 is 0 Å². The molecule has 1 aliphatic heterocycles. The van der Waals surface area contributed by atoms with E-state index in [0.29, 0.717) is 31.8 Å². The highest BCUT2D eigenvalue weighted by atomic mass is 16.5. The van der Waals surface area contributed by atoms with Gasteiger partial charge in [0.25, 0.3) is 0 Å². The van der Waals surface area contributed by atoms with Crippen LogP contribution in [0.4, 0.5) is 0 Å². The first-order valence-corrected chi connectivity index (χ1v) is 10.2. The topological polar surface area (TPSA) is 81.1 Å². The zero-order chi connectivity index (χ0) is 20.1. The van der Waals surface area contributed by atoms with Crippen LogP contribution in [0, 0.1) is 0 Å². The number of amides is 1. The summed E-state index contributed by atoms with van der Waals surface area (Å²) in [6.07, 6.45) is 3.97. The molecule has 0 spiro atoms. The number of rotatable bonds is 8. The molecule has 1 saturated heterocycles. The number of hydrogen-bond acceptors (Lipinski definition) is 5. The number of nitrogens with one attached hydrogen (secondary N) is 2. The van der Waals surface area contributed by atoms with Gasteiger partial charge in [-0.2, -0.15) is 5.10 Å². The number of aromatic nitrogens is 3. The molecule has 4 rings (SSSR count). The first-order valence-electron chi connectivity index (χ1n) is 10.2. The van der Waals surface area contributed by atoms with E-state index >= 15 is 0 Å². The van der Waals surface area contributed by atoms with Crippen LogP contribution < -0.4 is 15.4 Å². The second kappa shape index (κ2) is 9.05. The fourth-order valence-corrected chi connectivity index (χ4v) is 3.93. The van der Waals surface area contributed by atoms with E-state index in [1.165, 1.54) is 0 Å². The number of carbonyl (C=O) groups excluding carboxylic acids is 1. The Kier molecular flexibility index (Phi) is 6.05. The van der Waals surface area contributed by atoms with Gasteiger partial charge in [-0.25, -0.2) is 9.67 Å². The van der Waals surface area contributed by atoms with Crippen LogP contribution in [0.1, 0.15) is 30.0 Å². The van der Waals surface area contributed by atoms with Crippen LogP contribution in [0.2, 0.25) is 0 Å². The summed E-state index contributed by atoms with van der Waals surface area (Å²) in [5.74, 6) is 1.28. The van der Waals surface area contributed by atoms with Gasteiger partial charge < -0.3 is 15.4 Å². The molecule has 2 N–H and O–H groups in total. The smallest absolute Gasteiger partial charge is 0.220 e. The summed E-state index contributed by atoms with van der Waals surface area (Å²) in [4.78, 5) is 16.8. The van der Waals surface area contributed by atoms with E-state index in [1.807, 2.05) is 35.0 Å². The molecule has 0 aliphatic carbocycles. The van der Waals surface area contributed by atoms with Crippen molar-refractivity contribution in [2.24, 2.45) is 0 Å². The van der Waals surface area contributed by atoms with Gasteiger partial charge in [0, 0.05) is 37.0 Å². The molecule has 1 fully saturated rings. The average Bonchev–Trinajstić information content (AvgIpc) is 3.41. The van der Waals surface area contributed by atoms with E-state index in [2.05, 4.69) is 21.7 Å². The van der Waals surface area contributed by atoms with Crippen LogP contribution in [-0.2, 0) is 17.8 Å². The summed E-state index contributed by atoms with van der Waals surface area (Å²) >= 11 is 0. The summed E-state index contributed by atoms with van der Waals surface area (Å²) < 4.78 is 7.27. The Morgan fingerprint density at radius 2 is 2.21 bits per heavy atom. The highest BCUT2D eigenvalue weighted by molar-refractivity contribution is 5.79. The van der Waals surface area contributed by atoms with Crippen molar-refractivity contribution in [3.63, 3.8) is 0 Å².